The molecule has 0 fully saturated rings. The molecule has 118 valence electrons. The van der Waals surface area contributed by atoms with Crippen LogP contribution in [0.1, 0.15) is 32.6 Å². The maximum atomic E-state index is 11.6. The Morgan fingerprint density at radius 3 is 2.77 bits per heavy atom. The molecule has 1 aromatic carbocycles. The summed E-state index contributed by atoms with van der Waals surface area (Å²) in [5.74, 6) is 0.106. The number of aromatic nitrogens is 2. The number of esters is 1. The Morgan fingerprint density at radius 2 is 2.00 bits per heavy atom. The molecule has 0 saturated carbocycles. The van der Waals surface area contributed by atoms with Gasteiger partial charge in [-0.05, 0) is 6.42 Å². The van der Waals surface area contributed by atoms with Crippen molar-refractivity contribution in [1.82, 2.24) is 10.2 Å². The maximum absolute atomic E-state index is 11.6. The molecular formula is C16H20N2O2S2. The Balaban J connectivity index is 1.71. The summed E-state index contributed by atoms with van der Waals surface area (Å²) in [7, 11) is 0. The minimum atomic E-state index is -0.182. The van der Waals surface area contributed by atoms with E-state index in [1.807, 2.05) is 30.3 Å². The highest BCUT2D eigenvalue weighted by atomic mass is 32.2. The van der Waals surface area contributed by atoms with Crippen LogP contribution in [-0.4, -0.2) is 28.5 Å². The Kier molecular flexibility index (Phi) is 7.39. The number of rotatable bonds is 9. The van der Waals surface area contributed by atoms with Crippen LogP contribution in [0, 0.1) is 0 Å². The van der Waals surface area contributed by atoms with Crippen LogP contribution >= 0.6 is 23.1 Å². The number of benzene rings is 1. The van der Waals surface area contributed by atoms with Crippen molar-refractivity contribution >= 4 is 29.1 Å². The maximum Gasteiger partial charge on any atom is 0.316 e. The number of hydrogen-bond donors (Lipinski definition) is 0. The normalized spacial score (nSPS) is 10.6. The van der Waals surface area contributed by atoms with Gasteiger partial charge < -0.3 is 4.74 Å². The summed E-state index contributed by atoms with van der Waals surface area (Å²) in [5, 5.41) is 9.14. The molecule has 0 aliphatic carbocycles. The first-order valence-corrected chi connectivity index (χ1v) is 9.27. The molecule has 1 heterocycles. The van der Waals surface area contributed by atoms with Crippen LogP contribution < -0.4 is 0 Å². The van der Waals surface area contributed by atoms with Gasteiger partial charge in [-0.25, -0.2) is 0 Å². The summed E-state index contributed by atoms with van der Waals surface area (Å²) in [6.07, 6.45) is 4.44. The van der Waals surface area contributed by atoms with Crippen molar-refractivity contribution in [3.05, 3.63) is 30.3 Å². The lowest BCUT2D eigenvalue weighted by Crippen LogP contribution is -2.08. The summed E-state index contributed by atoms with van der Waals surface area (Å²) in [5.41, 5.74) is 1.05. The summed E-state index contributed by atoms with van der Waals surface area (Å²) in [4.78, 5) is 11.6. The molecule has 0 amide bonds. The zero-order valence-electron chi connectivity index (χ0n) is 12.7. The zero-order valence-corrected chi connectivity index (χ0v) is 14.3. The van der Waals surface area contributed by atoms with Crippen LogP contribution in [-0.2, 0) is 9.53 Å². The van der Waals surface area contributed by atoms with Gasteiger partial charge >= 0.3 is 5.97 Å². The first-order valence-electron chi connectivity index (χ1n) is 7.47. The molecular weight excluding hydrogens is 316 g/mol. The van der Waals surface area contributed by atoms with E-state index < -0.39 is 0 Å². The smallest absolute Gasteiger partial charge is 0.316 e. The van der Waals surface area contributed by atoms with Crippen molar-refractivity contribution in [2.45, 2.75) is 36.9 Å². The molecule has 0 unspecified atom stereocenters. The predicted molar refractivity (Wildman–Crippen MR) is 91.2 cm³/mol. The average Bonchev–Trinajstić information content (AvgIpc) is 3.02. The summed E-state index contributed by atoms with van der Waals surface area (Å²) in [6.45, 7) is 2.68. The Bertz CT molecular complexity index is 573. The van der Waals surface area contributed by atoms with E-state index in [0.717, 1.165) is 27.8 Å². The molecule has 22 heavy (non-hydrogen) atoms. The van der Waals surface area contributed by atoms with E-state index in [0.29, 0.717) is 6.61 Å². The van der Waals surface area contributed by atoms with Crippen LogP contribution in [0.4, 0.5) is 0 Å². The Labute approximate surface area is 139 Å². The second kappa shape index (κ2) is 9.58. The molecule has 0 bridgehead atoms. The van der Waals surface area contributed by atoms with Gasteiger partial charge in [-0.3, -0.25) is 4.79 Å². The van der Waals surface area contributed by atoms with E-state index in [-0.39, 0.29) is 11.7 Å². The Hall–Kier alpha value is -1.40. The summed E-state index contributed by atoms with van der Waals surface area (Å²) >= 11 is 2.88. The van der Waals surface area contributed by atoms with Crippen molar-refractivity contribution in [3.63, 3.8) is 0 Å². The SMILES string of the molecule is CCCCCCOC(=O)CSc1nnc(-c2ccccc2)s1. The van der Waals surface area contributed by atoms with E-state index in [1.54, 1.807) is 0 Å². The van der Waals surface area contributed by atoms with Crippen molar-refractivity contribution in [2.75, 3.05) is 12.4 Å². The standard InChI is InChI=1S/C16H20N2O2S2/c1-2-3-4-8-11-20-14(19)12-21-16-18-17-15(22-16)13-9-6-5-7-10-13/h5-7,9-10H,2-4,8,11-12H2,1H3. The minimum absolute atomic E-state index is 0.182. The predicted octanol–water partition coefficient (Wildman–Crippen LogP) is 4.42. The first-order chi connectivity index (χ1) is 10.8. The fourth-order valence-electron chi connectivity index (χ4n) is 1.84. The quantitative estimate of drug-likeness (QED) is 0.385. The molecule has 0 radical (unpaired) electrons. The summed E-state index contributed by atoms with van der Waals surface area (Å²) in [6, 6.07) is 9.91. The fraction of sp³-hybridized carbons (Fsp3) is 0.438. The van der Waals surface area contributed by atoms with E-state index >= 15 is 0 Å². The molecule has 0 atom stereocenters. The lowest BCUT2D eigenvalue weighted by atomic mass is 10.2. The number of carbonyl (C=O) groups excluding carboxylic acids is 1. The van der Waals surface area contributed by atoms with Gasteiger partial charge in [0, 0.05) is 5.56 Å². The van der Waals surface area contributed by atoms with Crippen molar-refractivity contribution in [3.8, 4) is 10.6 Å². The average molecular weight is 336 g/mol. The van der Waals surface area contributed by atoms with Crippen LogP contribution in [0.15, 0.2) is 34.7 Å². The molecule has 0 N–H and O–H groups in total. The van der Waals surface area contributed by atoms with Crippen LogP contribution in [0.5, 0.6) is 0 Å². The highest BCUT2D eigenvalue weighted by molar-refractivity contribution is 8.01. The van der Waals surface area contributed by atoms with E-state index in [2.05, 4.69) is 17.1 Å². The third kappa shape index (κ3) is 5.77. The second-order valence-corrected chi connectivity index (χ2v) is 7.01. The first kappa shape index (κ1) is 17.0. The van der Waals surface area contributed by atoms with Gasteiger partial charge in [-0.15, -0.1) is 10.2 Å². The molecule has 0 aliphatic rings. The monoisotopic (exact) mass is 336 g/mol. The zero-order chi connectivity index (χ0) is 15.6. The highest BCUT2D eigenvalue weighted by Gasteiger charge is 2.10. The molecule has 2 aromatic rings. The van der Waals surface area contributed by atoms with Gasteiger partial charge in [0.2, 0.25) is 0 Å². The third-order valence-electron chi connectivity index (χ3n) is 3.00. The van der Waals surface area contributed by atoms with Crippen molar-refractivity contribution in [2.24, 2.45) is 0 Å². The molecule has 0 saturated heterocycles. The number of nitrogens with zero attached hydrogens (tertiary/aromatic N) is 2. The molecule has 2 rings (SSSR count). The van der Waals surface area contributed by atoms with Crippen LogP contribution in [0.3, 0.4) is 0 Å². The van der Waals surface area contributed by atoms with E-state index in [1.165, 1.54) is 35.9 Å². The largest absolute Gasteiger partial charge is 0.465 e. The van der Waals surface area contributed by atoms with Crippen LogP contribution in [0.25, 0.3) is 10.6 Å². The Morgan fingerprint density at radius 1 is 1.18 bits per heavy atom. The number of carbonyl (C=O) groups is 1. The highest BCUT2D eigenvalue weighted by Crippen LogP contribution is 2.29. The van der Waals surface area contributed by atoms with Gasteiger partial charge in [0.05, 0.1) is 12.4 Å². The number of hydrogen-bond acceptors (Lipinski definition) is 6. The van der Waals surface area contributed by atoms with Gasteiger partial charge in [-0.2, -0.15) is 0 Å². The third-order valence-corrected chi connectivity index (χ3v) is 5.08. The molecule has 4 nitrogen and oxygen atoms in total. The van der Waals surface area contributed by atoms with Crippen LogP contribution in [0.2, 0.25) is 0 Å². The molecule has 1 aromatic heterocycles. The lowest BCUT2D eigenvalue weighted by Gasteiger charge is -2.03. The van der Waals surface area contributed by atoms with E-state index in [4.69, 9.17) is 4.74 Å². The second-order valence-electron chi connectivity index (χ2n) is 4.81. The molecule has 0 aliphatic heterocycles. The number of thioether (sulfide) groups is 1. The van der Waals surface area contributed by atoms with Gasteiger partial charge in [0.15, 0.2) is 4.34 Å². The van der Waals surface area contributed by atoms with E-state index in [9.17, 15) is 4.79 Å². The molecule has 6 heteroatoms. The summed E-state index contributed by atoms with van der Waals surface area (Å²) < 4.78 is 5.99. The number of unbranched alkanes of at least 4 members (excludes halogenated alkanes) is 3. The topological polar surface area (TPSA) is 52.1 Å². The van der Waals surface area contributed by atoms with Gasteiger partial charge in [0.25, 0.3) is 0 Å². The van der Waals surface area contributed by atoms with Gasteiger partial charge in [-0.1, -0.05) is 79.6 Å². The fourth-order valence-corrected chi connectivity index (χ4v) is 3.50. The van der Waals surface area contributed by atoms with Gasteiger partial charge in [0.1, 0.15) is 5.01 Å². The van der Waals surface area contributed by atoms with Crippen molar-refractivity contribution < 1.29 is 9.53 Å². The molecule has 0 spiro atoms. The number of ether oxygens (including phenoxy) is 1. The lowest BCUT2D eigenvalue weighted by molar-refractivity contribution is -0.140. The van der Waals surface area contributed by atoms with Crippen molar-refractivity contribution in [1.29, 1.82) is 0 Å². The minimum Gasteiger partial charge on any atom is -0.465 e.